The van der Waals surface area contributed by atoms with E-state index in [2.05, 4.69) is 5.32 Å². The van der Waals surface area contributed by atoms with E-state index in [1.807, 2.05) is 0 Å². The Kier molecular flexibility index (Phi) is 9.14. The smallest absolute Gasteiger partial charge is 0.303 e. The lowest BCUT2D eigenvalue weighted by molar-refractivity contribution is -0.138. The molecule has 22 heavy (non-hydrogen) atoms. The van der Waals surface area contributed by atoms with Crippen molar-refractivity contribution in [3.05, 3.63) is 12.2 Å². The van der Waals surface area contributed by atoms with Crippen molar-refractivity contribution < 1.29 is 19.5 Å². The molecule has 1 aliphatic rings. The van der Waals surface area contributed by atoms with Gasteiger partial charge in [0.05, 0.1) is 0 Å². The molecule has 0 saturated carbocycles. The molecule has 0 fully saturated rings. The molecule has 0 aromatic rings. The average Bonchev–Trinajstić information content (AvgIpc) is 2.79. The van der Waals surface area contributed by atoms with Gasteiger partial charge in [-0.15, -0.1) is 0 Å². The maximum absolute atomic E-state index is 11.3. The summed E-state index contributed by atoms with van der Waals surface area (Å²) in [5, 5.41) is 11.8. The fraction of sp³-hybridized carbons (Fsp3) is 0.688. The zero-order chi connectivity index (χ0) is 16.2. The molecule has 0 aromatic carbocycles. The van der Waals surface area contributed by atoms with Gasteiger partial charge in [-0.1, -0.05) is 19.3 Å². The van der Waals surface area contributed by atoms with Crippen LogP contribution < -0.4 is 5.32 Å². The molecule has 0 aromatic heterocycles. The van der Waals surface area contributed by atoms with Gasteiger partial charge in [-0.25, -0.2) is 0 Å². The number of carboxylic acids is 1. The van der Waals surface area contributed by atoms with E-state index in [0.29, 0.717) is 6.54 Å². The fourth-order valence-corrected chi connectivity index (χ4v) is 2.35. The highest BCUT2D eigenvalue weighted by atomic mass is 16.4. The molecule has 6 heteroatoms. The Morgan fingerprint density at radius 2 is 1.45 bits per heavy atom. The summed E-state index contributed by atoms with van der Waals surface area (Å²) >= 11 is 0. The van der Waals surface area contributed by atoms with Crippen molar-refractivity contribution in [2.75, 3.05) is 19.6 Å². The number of unbranched alkanes of at least 4 members (excludes halogenated alkanes) is 5. The molecule has 124 valence electrons. The van der Waals surface area contributed by atoms with Gasteiger partial charge in [0, 0.05) is 25.1 Å². The first-order chi connectivity index (χ1) is 10.6. The lowest BCUT2D eigenvalue weighted by Gasteiger charge is -2.13. The zero-order valence-electron chi connectivity index (χ0n) is 13.1. The number of hydrogen-bond donors (Lipinski definition) is 2. The van der Waals surface area contributed by atoms with E-state index < -0.39 is 5.97 Å². The summed E-state index contributed by atoms with van der Waals surface area (Å²) in [5.41, 5.74) is 0. The van der Waals surface area contributed by atoms with Crippen LogP contribution in [-0.2, 0) is 14.4 Å². The monoisotopic (exact) mass is 310 g/mol. The van der Waals surface area contributed by atoms with Gasteiger partial charge in [-0.3, -0.25) is 19.3 Å². The minimum absolute atomic E-state index is 0.199. The molecule has 1 aliphatic heterocycles. The molecule has 0 spiro atoms. The van der Waals surface area contributed by atoms with Crippen molar-refractivity contribution in [3.8, 4) is 0 Å². The first kappa shape index (κ1) is 18.4. The molecular formula is C16H26N2O4. The van der Waals surface area contributed by atoms with Crippen LogP contribution in [-0.4, -0.2) is 47.4 Å². The topological polar surface area (TPSA) is 86.7 Å². The number of carbonyl (C=O) groups excluding carboxylic acids is 2. The van der Waals surface area contributed by atoms with Crippen molar-refractivity contribution in [2.24, 2.45) is 0 Å². The molecule has 0 saturated heterocycles. The van der Waals surface area contributed by atoms with Gasteiger partial charge in [-0.05, 0) is 38.8 Å². The number of carboxylic acid groups (broad SMARTS) is 1. The molecule has 1 rings (SSSR count). The van der Waals surface area contributed by atoms with E-state index in [1.165, 1.54) is 17.1 Å². The number of amides is 2. The largest absolute Gasteiger partial charge is 0.481 e. The Bertz CT molecular complexity index is 389. The molecule has 0 unspecified atom stereocenters. The number of nitrogens with one attached hydrogen (secondary N) is 1. The number of carbonyl (C=O) groups is 3. The van der Waals surface area contributed by atoms with Crippen molar-refractivity contribution >= 4 is 17.8 Å². The third kappa shape index (κ3) is 7.93. The molecule has 0 radical (unpaired) electrons. The summed E-state index contributed by atoms with van der Waals surface area (Å²) in [7, 11) is 0. The number of aliphatic carboxylic acids is 1. The van der Waals surface area contributed by atoms with E-state index in [0.717, 1.165) is 58.0 Å². The molecule has 6 nitrogen and oxygen atoms in total. The van der Waals surface area contributed by atoms with Gasteiger partial charge in [-0.2, -0.15) is 0 Å². The molecule has 0 aliphatic carbocycles. The summed E-state index contributed by atoms with van der Waals surface area (Å²) in [6, 6.07) is 0. The molecule has 2 N–H and O–H groups in total. The minimum Gasteiger partial charge on any atom is -0.481 e. The maximum Gasteiger partial charge on any atom is 0.303 e. The molecule has 1 heterocycles. The Labute approximate surface area is 131 Å². The summed E-state index contributed by atoms with van der Waals surface area (Å²) in [6.07, 6.45) is 9.64. The van der Waals surface area contributed by atoms with Crippen molar-refractivity contribution in [1.82, 2.24) is 10.2 Å². The van der Waals surface area contributed by atoms with Crippen LogP contribution >= 0.6 is 0 Å². The standard InChI is InChI=1S/C16H26N2O4/c19-14-9-10-15(20)18(14)13-7-2-1-5-11-17-12-6-3-4-8-16(21)22/h9-10,17H,1-8,11-13H2,(H,21,22). The van der Waals surface area contributed by atoms with Gasteiger partial charge >= 0.3 is 5.97 Å². The minimum atomic E-state index is -0.721. The van der Waals surface area contributed by atoms with E-state index in [-0.39, 0.29) is 18.2 Å². The lowest BCUT2D eigenvalue weighted by Crippen LogP contribution is -2.30. The molecular weight excluding hydrogens is 284 g/mol. The van der Waals surface area contributed by atoms with Crippen LogP contribution in [0, 0.1) is 0 Å². The predicted octanol–water partition coefficient (Wildman–Crippen LogP) is 1.71. The first-order valence-electron chi connectivity index (χ1n) is 8.07. The normalized spacial score (nSPS) is 14.1. The highest BCUT2D eigenvalue weighted by molar-refractivity contribution is 6.12. The van der Waals surface area contributed by atoms with Gasteiger partial charge in [0.15, 0.2) is 0 Å². The fourth-order valence-electron chi connectivity index (χ4n) is 2.35. The highest BCUT2D eigenvalue weighted by Crippen LogP contribution is 2.07. The van der Waals surface area contributed by atoms with Crippen LogP contribution in [0.25, 0.3) is 0 Å². The van der Waals surface area contributed by atoms with Gasteiger partial charge in [0.25, 0.3) is 11.8 Å². The highest BCUT2D eigenvalue weighted by Gasteiger charge is 2.21. The quantitative estimate of drug-likeness (QED) is 0.399. The Morgan fingerprint density at radius 1 is 0.909 bits per heavy atom. The van der Waals surface area contributed by atoms with E-state index in [1.54, 1.807) is 0 Å². The Hall–Kier alpha value is -1.69. The lowest BCUT2D eigenvalue weighted by atomic mass is 10.1. The number of rotatable bonds is 13. The summed E-state index contributed by atoms with van der Waals surface area (Å²) in [4.78, 5) is 34.2. The van der Waals surface area contributed by atoms with Crippen molar-refractivity contribution in [3.63, 3.8) is 0 Å². The number of hydrogen-bond acceptors (Lipinski definition) is 4. The van der Waals surface area contributed by atoms with Crippen molar-refractivity contribution in [2.45, 2.75) is 51.4 Å². The second-order valence-corrected chi connectivity index (χ2v) is 5.53. The summed E-state index contributed by atoms with van der Waals surface area (Å²) < 4.78 is 0. The molecule has 0 atom stereocenters. The summed E-state index contributed by atoms with van der Waals surface area (Å²) in [6.45, 7) is 2.41. The van der Waals surface area contributed by atoms with E-state index in [4.69, 9.17) is 5.11 Å². The van der Waals surface area contributed by atoms with Crippen molar-refractivity contribution in [1.29, 1.82) is 0 Å². The average molecular weight is 310 g/mol. The van der Waals surface area contributed by atoms with Crippen LogP contribution in [0.15, 0.2) is 12.2 Å². The van der Waals surface area contributed by atoms with Gasteiger partial charge in [0.2, 0.25) is 0 Å². The maximum atomic E-state index is 11.3. The first-order valence-corrected chi connectivity index (χ1v) is 8.07. The number of nitrogens with zero attached hydrogens (tertiary/aromatic N) is 1. The van der Waals surface area contributed by atoms with Crippen LogP contribution in [0.1, 0.15) is 51.4 Å². The van der Waals surface area contributed by atoms with E-state index in [9.17, 15) is 14.4 Å². The third-order valence-corrected chi connectivity index (χ3v) is 3.63. The SMILES string of the molecule is O=C(O)CCCCCNCCCCCCN1C(=O)C=CC1=O. The summed E-state index contributed by atoms with van der Waals surface area (Å²) in [5.74, 6) is -1.12. The van der Waals surface area contributed by atoms with Crippen LogP contribution in [0.5, 0.6) is 0 Å². The predicted molar refractivity (Wildman–Crippen MR) is 83.3 cm³/mol. The van der Waals surface area contributed by atoms with Crippen LogP contribution in [0.2, 0.25) is 0 Å². The second-order valence-electron chi connectivity index (χ2n) is 5.53. The zero-order valence-corrected chi connectivity index (χ0v) is 13.1. The second kappa shape index (κ2) is 11.0. The number of imide groups is 1. The van der Waals surface area contributed by atoms with E-state index >= 15 is 0 Å². The van der Waals surface area contributed by atoms with Crippen LogP contribution in [0.4, 0.5) is 0 Å². The Morgan fingerprint density at radius 3 is 2.05 bits per heavy atom. The van der Waals surface area contributed by atoms with Crippen LogP contribution in [0.3, 0.4) is 0 Å². The van der Waals surface area contributed by atoms with Gasteiger partial charge in [0.1, 0.15) is 0 Å². The molecule has 2 amide bonds. The Balaban J connectivity index is 1.81. The van der Waals surface area contributed by atoms with Gasteiger partial charge < -0.3 is 10.4 Å². The molecule has 0 bridgehead atoms. The third-order valence-electron chi connectivity index (χ3n) is 3.63.